The summed E-state index contributed by atoms with van der Waals surface area (Å²) in [6, 6.07) is 10.9. The van der Waals surface area contributed by atoms with E-state index in [-0.39, 0.29) is 17.4 Å². The van der Waals surface area contributed by atoms with Gasteiger partial charge in [-0.3, -0.25) is 9.59 Å². The van der Waals surface area contributed by atoms with E-state index in [0.29, 0.717) is 18.3 Å². The molecular weight excluding hydrogens is 392 g/mol. The minimum absolute atomic E-state index is 0.0415. The van der Waals surface area contributed by atoms with Crippen LogP contribution in [0.1, 0.15) is 51.4 Å². The highest BCUT2D eigenvalue weighted by molar-refractivity contribution is 5.79. The third kappa shape index (κ3) is 5.27. The van der Waals surface area contributed by atoms with E-state index in [4.69, 9.17) is 4.74 Å². The lowest BCUT2D eigenvalue weighted by atomic mass is 9.96. The maximum absolute atomic E-state index is 12.9. The second-order valence-corrected chi connectivity index (χ2v) is 8.62. The molecule has 1 atom stereocenters. The highest BCUT2D eigenvalue weighted by Crippen LogP contribution is 2.23. The second-order valence-electron chi connectivity index (χ2n) is 8.62. The van der Waals surface area contributed by atoms with Crippen LogP contribution in [0.15, 0.2) is 41.2 Å². The molecule has 1 saturated heterocycles. The molecule has 4 rings (SSSR count). The first-order valence-electron chi connectivity index (χ1n) is 11.4. The van der Waals surface area contributed by atoms with Crippen molar-refractivity contribution in [3.63, 3.8) is 0 Å². The van der Waals surface area contributed by atoms with Gasteiger partial charge in [0.25, 0.3) is 5.56 Å². The number of nitrogens with one attached hydrogen (secondary N) is 1. The molecular formula is C24H32N4O3. The lowest BCUT2D eigenvalue weighted by Crippen LogP contribution is -2.46. The van der Waals surface area contributed by atoms with Gasteiger partial charge in [-0.25, -0.2) is 0 Å². The summed E-state index contributed by atoms with van der Waals surface area (Å²) in [6.45, 7) is 1.47. The first-order valence-corrected chi connectivity index (χ1v) is 11.4. The molecule has 0 bridgehead atoms. The molecule has 2 fully saturated rings. The van der Waals surface area contributed by atoms with Crippen molar-refractivity contribution in [2.45, 2.75) is 57.4 Å². The van der Waals surface area contributed by atoms with Gasteiger partial charge in [-0.1, -0.05) is 25.7 Å². The number of hydrogen-bond donors (Lipinski definition) is 1. The van der Waals surface area contributed by atoms with Crippen LogP contribution in [0.3, 0.4) is 0 Å². The molecule has 2 aromatic rings. The number of carbonyl (C=O) groups excluding carboxylic acids is 1. The van der Waals surface area contributed by atoms with Crippen LogP contribution in [0.4, 0.5) is 5.82 Å². The molecule has 166 valence electrons. The molecule has 2 aliphatic rings. The van der Waals surface area contributed by atoms with Crippen molar-refractivity contribution in [2.75, 3.05) is 25.1 Å². The number of carbonyl (C=O) groups is 1. The molecule has 0 radical (unpaired) electrons. The molecule has 1 amide bonds. The summed E-state index contributed by atoms with van der Waals surface area (Å²) in [6.07, 6.45) is 8.99. The van der Waals surface area contributed by atoms with Crippen LogP contribution in [0.5, 0.6) is 5.75 Å². The average molecular weight is 425 g/mol. The third-order valence-corrected chi connectivity index (χ3v) is 6.42. The summed E-state index contributed by atoms with van der Waals surface area (Å²) < 4.78 is 6.60. The minimum Gasteiger partial charge on any atom is -0.497 e. The van der Waals surface area contributed by atoms with Gasteiger partial charge < -0.3 is 15.0 Å². The lowest BCUT2D eigenvalue weighted by molar-refractivity contribution is -0.126. The molecule has 1 aromatic heterocycles. The fourth-order valence-electron chi connectivity index (χ4n) is 4.62. The number of anilines is 1. The molecule has 2 heterocycles. The maximum Gasteiger partial charge on any atom is 0.271 e. The smallest absolute Gasteiger partial charge is 0.271 e. The van der Waals surface area contributed by atoms with Crippen LogP contribution in [0, 0.1) is 5.92 Å². The molecule has 7 nitrogen and oxygen atoms in total. The van der Waals surface area contributed by atoms with E-state index in [9.17, 15) is 9.59 Å². The highest BCUT2D eigenvalue weighted by Gasteiger charge is 2.28. The average Bonchev–Trinajstić information content (AvgIpc) is 3.08. The predicted molar refractivity (Wildman–Crippen MR) is 121 cm³/mol. The summed E-state index contributed by atoms with van der Waals surface area (Å²) in [5, 5.41) is 7.91. The van der Waals surface area contributed by atoms with Crippen LogP contribution >= 0.6 is 0 Å². The molecule has 7 heteroatoms. The van der Waals surface area contributed by atoms with Crippen LogP contribution in [0.25, 0.3) is 5.69 Å². The first-order chi connectivity index (χ1) is 15.1. The van der Waals surface area contributed by atoms with Crippen molar-refractivity contribution in [3.05, 3.63) is 46.8 Å². The van der Waals surface area contributed by atoms with Crippen molar-refractivity contribution in [1.82, 2.24) is 15.1 Å². The molecule has 31 heavy (non-hydrogen) atoms. The largest absolute Gasteiger partial charge is 0.497 e. The monoisotopic (exact) mass is 424 g/mol. The summed E-state index contributed by atoms with van der Waals surface area (Å²) in [7, 11) is 1.61. The van der Waals surface area contributed by atoms with E-state index < -0.39 is 0 Å². The van der Waals surface area contributed by atoms with E-state index >= 15 is 0 Å². The van der Waals surface area contributed by atoms with Gasteiger partial charge in [0.15, 0.2) is 0 Å². The molecule has 0 spiro atoms. The van der Waals surface area contributed by atoms with Gasteiger partial charge in [-0.15, -0.1) is 5.10 Å². The van der Waals surface area contributed by atoms with Crippen molar-refractivity contribution in [2.24, 2.45) is 5.92 Å². The van der Waals surface area contributed by atoms with Gasteiger partial charge in [-0.2, -0.15) is 4.68 Å². The van der Waals surface area contributed by atoms with Gasteiger partial charge in [-0.05, 0) is 56.0 Å². The Bertz CT molecular complexity index is 933. The predicted octanol–water partition coefficient (Wildman–Crippen LogP) is 3.30. The molecule has 1 N–H and O–H groups in total. The number of piperidine rings is 1. The van der Waals surface area contributed by atoms with E-state index in [1.807, 2.05) is 24.3 Å². The second kappa shape index (κ2) is 9.98. The number of nitrogens with zero attached hydrogens (tertiary/aromatic N) is 3. The third-order valence-electron chi connectivity index (χ3n) is 6.42. The number of rotatable bonds is 5. The molecule has 1 aliphatic heterocycles. The number of aromatic nitrogens is 2. The van der Waals surface area contributed by atoms with E-state index in [1.54, 1.807) is 19.2 Å². The standard InChI is InChI=1S/C24H32N4O3/c1-31-21-12-10-20(11-13-21)28-23(29)15-14-22(26-28)27-16-6-7-18(17-27)24(30)25-19-8-4-2-3-5-9-19/h10-15,18-19H,2-9,16-17H2,1H3,(H,25,30)/t18-/m1/s1. The Hall–Kier alpha value is -2.83. The van der Waals surface area contributed by atoms with Crippen LogP contribution in [-0.2, 0) is 4.79 Å². The van der Waals surface area contributed by atoms with E-state index in [0.717, 1.165) is 43.8 Å². The van der Waals surface area contributed by atoms with Crippen molar-refractivity contribution >= 4 is 11.7 Å². The van der Waals surface area contributed by atoms with E-state index in [1.165, 1.54) is 30.4 Å². The van der Waals surface area contributed by atoms with Crippen molar-refractivity contribution in [1.29, 1.82) is 0 Å². The zero-order valence-corrected chi connectivity index (χ0v) is 18.3. The number of methoxy groups -OCH3 is 1. The number of hydrogen-bond acceptors (Lipinski definition) is 5. The Morgan fingerprint density at radius 3 is 2.45 bits per heavy atom. The zero-order chi connectivity index (χ0) is 21.6. The Balaban J connectivity index is 1.46. The number of benzene rings is 1. The van der Waals surface area contributed by atoms with Crippen molar-refractivity contribution < 1.29 is 9.53 Å². The Morgan fingerprint density at radius 2 is 1.74 bits per heavy atom. The summed E-state index contributed by atoms with van der Waals surface area (Å²) >= 11 is 0. The minimum atomic E-state index is -0.186. The van der Waals surface area contributed by atoms with Gasteiger partial charge >= 0.3 is 0 Å². The summed E-state index contributed by atoms with van der Waals surface area (Å²) in [4.78, 5) is 27.5. The summed E-state index contributed by atoms with van der Waals surface area (Å²) in [5.41, 5.74) is 0.501. The van der Waals surface area contributed by atoms with Crippen LogP contribution < -0.4 is 20.5 Å². The van der Waals surface area contributed by atoms with Gasteiger partial charge in [0.1, 0.15) is 11.6 Å². The fraction of sp³-hybridized carbons (Fsp3) is 0.542. The highest BCUT2D eigenvalue weighted by atomic mass is 16.5. The van der Waals surface area contributed by atoms with Gasteiger partial charge in [0, 0.05) is 25.2 Å². The van der Waals surface area contributed by atoms with E-state index in [2.05, 4.69) is 15.3 Å². The molecule has 1 aromatic carbocycles. The quantitative estimate of drug-likeness (QED) is 0.746. The lowest BCUT2D eigenvalue weighted by Gasteiger charge is -2.33. The molecule has 0 unspecified atom stereocenters. The molecule has 1 saturated carbocycles. The fourth-order valence-corrected chi connectivity index (χ4v) is 4.62. The Kier molecular flexibility index (Phi) is 6.89. The van der Waals surface area contributed by atoms with Gasteiger partial charge in [0.2, 0.25) is 5.91 Å². The number of amides is 1. The van der Waals surface area contributed by atoms with Gasteiger partial charge in [0.05, 0.1) is 18.7 Å². The maximum atomic E-state index is 12.9. The topological polar surface area (TPSA) is 76.5 Å². The zero-order valence-electron chi connectivity index (χ0n) is 18.3. The summed E-state index contributed by atoms with van der Waals surface area (Å²) in [5.74, 6) is 1.58. The van der Waals surface area contributed by atoms with Crippen molar-refractivity contribution in [3.8, 4) is 11.4 Å². The van der Waals surface area contributed by atoms with Crippen LogP contribution in [0.2, 0.25) is 0 Å². The first kappa shape index (κ1) is 21.4. The SMILES string of the molecule is COc1ccc(-n2nc(N3CCC[C@@H](C(=O)NC4CCCCCC4)C3)ccc2=O)cc1. The normalized spacial score (nSPS) is 20.2. The number of ether oxygens (including phenoxy) is 1. The molecule has 1 aliphatic carbocycles. The Morgan fingerprint density at radius 1 is 1.00 bits per heavy atom. The Labute approximate surface area is 183 Å². The van der Waals surface area contributed by atoms with Crippen LogP contribution in [-0.4, -0.2) is 41.9 Å².